The molecule has 31 heavy (non-hydrogen) atoms. The first-order chi connectivity index (χ1) is 14.6. The number of rotatable bonds is 4. The molecular formula is C21H17N3O7. The number of ketones is 1. The molecule has 10 heteroatoms. The van der Waals surface area contributed by atoms with Gasteiger partial charge in [-0.3, -0.25) is 34.2 Å². The average molecular weight is 423 g/mol. The summed E-state index contributed by atoms with van der Waals surface area (Å²) in [7, 11) is 0. The Morgan fingerprint density at radius 1 is 1.16 bits per heavy atom. The molecule has 2 aromatic rings. The molecule has 0 aliphatic carbocycles. The monoisotopic (exact) mass is 423 g/mol. The molecule has 2 heterocycles. The summed E-state index contributed by atoms with van der Waals surface area (Å²) in [6.07, 6.45) is 0.186. The average Bonchev–Trinajstić information content (AvgIpc) is 2.92. The lowest BCUT2D eigenvalue weighted by molar-refractivity contribution is -0.385. The van der Waals surface area contributed by atoms with Crippen molar-refractivity contribution in [2.24, 2.45) is 0 Å². The molecule has 0 saturated heterocycles. The molecule has 2 aliphatic heterocycles. The number of hydrogen-bond acceptors (Lipinski definition) is 7. The molecule has 0 atom stereocenters. The molecule has 0 unspecified atom stereocenters. The molecule has 10 nitrogen and oxygen atoms in total. The second-order valence-corrected chi connectivity index (χ2v) is 7.87. The van der Waals surface area contributed by atoms with Crippen LogP contribution < -0.4 is 10.1 Å². The number of anilines is 1. The number of nitro groups is 1. The van der Waals surface area contributed by atoms with Crippen molar-refractivity contribution in [3.63, 3.8) is 0 Å². The largest absolute Gasteiger partial charge is 0.487 e. The minimum Gasteiger partial charge on any atom is -0.487 e. The van der Waals surface area contributed by atoms with Crippen LogP contribution in [-0.2, 0) is 4.79 Å². The third-order valence-electron chi connectivity index (χ3n) is 5.01. The Balaban J connectivity index is 1.51. The zero-order chi connectivity index (χ0) is 22.5. The first-order valence-corrected chi connectivity index (χ1v) is 9.37. The van der Waals surface area contributed by atoms with Gasteiger partial charge in [-0.1, -0.05) is 6.07 Å². The second-order valence-electron chi connectivity index (χ2n) is 7.87. The van der Waals surface area contributed by atoms with Crippen LogP contribution in [-0.4, -0.2) is 45.5 Å². The molecule has 4 rings (SSSR count). The molecule has 158 valence electrons. The number of Topliss-reactive ketones (excluding diaryl/α,β-unsaturated/α-hetero) is 1. The molecule has 0 fully saturated rings. The van der Waals surface area contributed by atoms with E-state index in [1.807, 2.05) is 0 Å². The second kappa shape index (κ2) is 7.01. The zero-order valence-electron chi connectivity index (χ0n) is 16.6. The van der Waals surface area contributed by atoms with E-state index in [4.69, 9.17) is 4.74 Å². The Bertz CT molecular complexity index is 1190. The summed E-state index contributed by atoms with van der Waals surface area (Å²) < 4.78 is 5.77. The van der Waals surface area contributed by atoms with Crippen molar-refractivity contribution in [3.8, 4) is 5.75 Å². The lowest BCUT2D eigenvalue weighted by Gasteiger charge is -2.31. The third-order valence-corrected chi connectivity index (χ3v) is 5.01. The van der Waals surface area contributed by atoms with Crippen LogP contribution >= 0.6 is 0 Å². The van der Waals surface area contributed by atoms with E-state index in [9.17, 15) is 29.3 Å². The Kier molecular flexibility index (Phi) is 4.57. The fraction of sp³-hybridized carbons (Fsp3) is 0.238. The number of carbonyl (C=O) groups excluding carboxylic acids is 4. The van der Waals surface area contributed by atoms with Crippen molar-refractivity contribution in [3.05, 3.63) is 63.2 Å². The van der Waals surface area contributed by atoms with Gasteiger partial charge in [0.1, 0.15) is 23.5 Å². The lowest BCUT2D eigenvalue weighted by Crippen LogP contribution is -2.37. The van der Waals surface area contributed by atoms with Gasteiger partial charge in [-0.25, -0.2) is 0 Å². The molecule has 0 bridgehead atoms. The molecule has 0 aromatic heterocycles. The molecule has 2 aromatic carbocycles. The fourth-order valence-corrected chi connectivity index (χ4v) is 3.69. The van der Waals surface area contributed by atoms with Crippen LogP contribution in [0.15, 0.2) is 36.4 Å². The highest BCUT2D eigenvalue weighted by Crippen LogP contribution is 2.35. The first-order valence-electron chi connectivity index (χ1n) is 9.37. The molecule has 3 amide bonds. The van der Waals surface area contributed by atoms with Gasteiger partial charge in [0, 0.05) is 11.8 Å². The first kappa shape index (κ1) is 20.2. The molecular weight excluding hydrogens is 406 g/mol. The third kappa shape index (κ3) is 3.52. The Hall–Kier alpha value is -4.08. The van der Waals surface area contributed by atoms with Gasteiger partial charge in [-0.2, -0.15) is 0 Å². The quantitative estimate of drug-likeness (QED) is 0.453. The van der Waals surface area contributed by atoms with Crippen LogP contribution in [0.25, 0.3) is 0 Å². The highest BCUT2D eigenvalue weighted by molar-refractivity contribution is 6.24. The van der Waals surface area contributed by atoms with Gasteiger partial charge in [0.25, 0.3) is 17.5 Å². The molecule has 1 N–H and O–H groups in total. The summed E-state index contributed by atoms with van der Waals surface area (Å²) in [6, 6.07) is 8.31. The number of hydrogen-bond donors (Lipinski definition) is 1. The van der Waals surface area contributed by atoms with E-state index in [1.165, 1.54) is 18.2 Å². The summed E-state index contributed by atoms with van der Waals surface area (Å²) in [5, 5.41) is 13.7. The van der Waals surface area contributed by atoms with Crippen LogP contribution in [0.2, 0.25) is 0 Å². The normalized spacial score (nSPS) is 16.5. The maximum Gasteiger partial charge on any atom is 0.282 e. The van der Waals surface area contributed by atoms with Crippen molar-refractivity contribution < 1.29 is 28.8 Å². The lowest BCUT2D eigenvalue weighted by atomic mass is 9.93. The Morgan fingerprint density at radius 3 is 2.61 bits per heavy atom. The predicted octanol–water partition coefficient (Wildman–Crippen LogP) is 2.57. The van der Waals surface area contributed by atoms with Crippen LogP contribution in [0, 0.1) is 10.1 Å². The summed E-state index contributed by atoms with van der Waals surface area (Å²) in [6.45, 7) is 2.98. The van der Waals surface area contributed by atoms with E-state index in [-0.39, 0.29) is 23.3 Å². The van der Waals surface area contributed by atoms with Crippen molar-refractivity contribution >= 4 is 34.9 Å². The number of amides is 3. The number of nitro benzene ring substituents is 1. The predicted molar refractivity (Wildman–Crippen MR) is 107 cm³/mol. The van der Waals surface area contributed by atoms with Gasteiger partial charge in [0.15, 0.2) is 5.78 Å². The highest BCUT2D eigenvalue weighted by Gasteiger charge is 2.41. The topological polar surface area (TPSA) is 136 Å². The van der Waals surface area contributed by atoms with Gasteiger partial charge < -0.3 is 10.1 Å². The van der Waals surface area contributed by atoms with Crippen LogP contribution in [0.3, 0.4) is 0 Å². The summed E-state index contributed by atoms with van der Waals surface area (Å²) >= 11 is 0. The molecule has 0 saturated carbocycles. The minimum atomic E-state index is -0.904. The zero-order valence-corrected chi connectivity index (χ0v) is 16.6. The van der Waals surface area contributed by atoms with Crippen molar-refractivity contribution in [1.29, 1.82) is 0 Å². The molecule has 0 spiro atoms. The van der Waals surface area contributed by atoms with Crippen LogP contribution in [0.4, 0.5) is 11.4 Å². The van der Waals surface area contributed by atoms with E-state index >= 15 is 0 Å². The van der Waals surface area contributed by atoms with Gasteiger partial charge in [0.2, 0.25) is 5.91 Å². The Morgan fingerprint density at radius 2 is 1.90 bits per heavy atom. The van der Waals surface area contributed by atoms with Crippen molar-refractivity contribution in [1.82, 2.24) is 4.90 Å². The highest BCUT2D eigenvalue weighted by atomic mass is 16.6. The number of fused-ring (bicyclic) bond motifs is 2. The van der Waals surface area contributed by atoms with E-state index < -0.39 is 40.5 Å². The van der Waals surface area contributed by atoms with Crippen molar-refractivity contribution in [2.45, 2.75) is 25.9 Å². The summed E-state index contributed by atoms with van der Waals surface area (Å²) in [5.41, 5.74) is -0.940. The summed E-state index contributed by atoms with van der Waals surface area (Å²) in [5.74, 6) is -2.10. The SMILES string of the molecule is CC1(C)CC(=O)c2cc(NC(=O)CN3C(=O)c4cccc([N+](=O)[O-])c4C3=O)ccc2O1. The van der Waals surface area contributed by atoms with Gasteiger partial charge in [-0.15, -0.1) is 0 Å². The van der Waals surface area contributed by atoms with Crippen molar-refractivity contribution in [2.75, 3.05) is 11.9 Å². The number of carbonyl (C=O) groups is 4. The number of benzene rings is 2. The minimum absolute atomic E-state index is 0.119. The molecule has 2 aliphatic rings. The number of nitrogens with one attached hydrogen (secondary N) is 1. The van der Waals surface area contributed by atoms with Crippen LogP contribution in [0.1, 0.15) is 51.3 Å². The number of imide groups is 1. The van der Waals surface area contributed by atoms with Gasteiger partial charge >= 0.3 is 0 Å². The summed E-state index contributed by atoms with van der Waals surface area (Å²) in [4.78, 5) is 61.0. The van der Waals surface area contributed by atoms with E-state index in [2.05, 4.69) is 5.32 Å². The maximum absolute atomic E-state index is 12.6. The molecule has 0 radical (unpaired) electrons. The number of nitrogens with zero attached hydrogens (tertiary/aromatic N) is 2. The van der Waals surface area contributed by atoms with E-state index in [0.29, 0.717) is 21.9 Å². The fourth-order valence-electron chi connectivity index (χ4n) is 3.69. The van der Waals surface area contributed by atoms with Gasteiger partial charge in [-0.05, 0) is 38.1 Å². The maximum atomic E-state index is 12.6. The Labute approximate surface area is 175 Å². The van der Waals surface area contributed by atoms with Gasteiger partial charge in [0.05, 0.1) is 22.5 Å². The van der Waals surface area contributed by atoms with E-state index in [1.54, 1.807) is 26.0 Å². The number of ether oxygens (including phenoxy) is 1. The standard InChI is InChI=1S/C21H17N3O7/c1-21(2)9-15(25)13-8-11(6-7-16(13)31-21)22-17(26)10-23-19(27)12-4-3-5-14(24(29)30)18(12)20(23)28/h3-8H,9-10H2,1-2H3,(H,22,26). The van der Waals surface area contributed by atoms with Crippen LogP contribution in [0.5, 0.6) is 5.75 Å². The van der Waals surface area contributed by atoms with E-state index in [0.717, 1.165) is 6.07 Å². The smallest absolute Gasteiger partial charge is 0.282 e.